The van der Waals surface area contributed by atoms with E-state index in [1.165, 1.54) is 6.21 Å². The Bertz CT molecular complexity index is 1150. The number of hydrogen-bond donors (Lipinski definition) is 4. The van der Waals surface area contributed by atoms with Crippen LogP contribution in [0.25, 0.3) is 11.4 Å². The normalized spacial score (nSPS) is 10.6. The van der Waals surface area contributed by atoms with Crippen molar-refractivity contribution in [1.29, 1.82) is 5.41 Å². The number of hydrogen-bond acceptors (Lipinski definition) is 8. The SMILES string of the molecule is CC(C)NC(=O)COc1cccc(-c2nc(Nc3ccc(N)c(C=N)c3)cc(N(C)C)n2)c1. The Labute approximate surface area is 193 Å². The van der Waals surface area contributed by atoms with E-state index in [1.807, 2.05) is 57.1 Å². The zero-order valence-electron chi connectivity index (χ0n) is 19.2. The number of amides is 1. The second-order valence-electron chi connectivity index (χ2n) is 7.98. The quantitative estimate of drug-likeness (QED) is 0.292. The highest BCUT2D eigenvalue weighted by molar-refractivity contribution is 5.87. The maximum atomic E-state index is 11.9. The molecule has 0 spiro atoms. The maximum Gasteiger partial charge on any atom is 0.258 e. The molecule has 0 aliphatic heterocycles. The van der Waals surface area contributed by atoms with E-state index in [1.54, 1.807) is 24.3 Å². The second-order valence-corrected chi connectivity index (χ2v) is 7.98. The highest BCUT2D eigenvalue weighted by Gasteiger charge is 2.11. The van der Waals surface area contributed by atoms with Crippen LogP contribution in [-0.2, 0) is 4.79 Å². The minimum Gasteiger partial charge on any atom is -0.484 e. The molecule has 0 saturated carbocycles. The van der Waals surface area contributed by atoms with Crippen molar-refractivity contribution in [1.82, 2.24) is 15.3 Å². The van der Waals surface area contributed by atoms with Crippen LogP contribution in [0, 0.1) is 5.41 Å². The molecule has 0 radical (unpaired) electrons. The topological polar surface area (TPSA) is 129 Å². The number of ether oxygens (including phenoxy) is 1. The Morgan fingerprint density at radius 3 is 2.67 bits per heavy atom. The lowest BCUT2D eigenvalue weighted by atomic mass is 10.1. The Morgan fingerprint density at radius 1 is 1.18 bits per heavy atom. The molecule has 1 heterocycles. The van der Waals surface area contributed by atoms with Crippen molar-refractivity contribution < 1.29 is 9.53 Å². The van der Waals surface area contributed by atoms with Crippen LogP contribution in [0.4, 0.5) is 23.0 Å². The van der Waals surface area contributed by atoms with Crippen LogP contribution in [0.15, 0.2) is 48.5 Å². The van der Waals surface area contributed by atoms with Crippen molar-refractivity contribution in [3.05, 3.63) is 54.1 Å². The van der Waals surface area contributed by atoms with E-state index in [0.29, 0.717) is 34.5 Å². The van der Waals surface area contributed by atoms with Crippen LogP contribution in [-0.4, -0.2) is 48.8 Å². The number of carbonyl (C=O) groups is 1. The van der Waals surface area contributed by atoms with Gasteiger partial charge in [0, 0.05) is 54.9 Å². The molecule has 2 aromatic carbocycles. The number of nitrogens with one attached hydrogen (secondary N) is 3. The van der Waals surface area contributed by atoms with Gasteiger partial charge in [-0.3, -0.25) is 4.79 Å². The molecule has 0 saturated heterocycles. The molecule has 3 rings (SSSR count). The van der Waals surface area contributed by atoms with Gasteiger partial charge in [0.1, 0.15) is 17.4 Å². The van der Waals surface area contributed by atoms with Gasteiger partial charge in [-0.15, -0.1) is 0 Å². The molecule has 0 unspecified atom stereocenters. The lowest BCUT2D eigenvalue weighted by molar-refractivity contribution is -0.123. The Balaban J connectivity index is 1.88. The molecule has 172 valence electrons. The summed E-state index contributed by atoms with van der Waals surface area (Å²) in [5.41, 5.74) is 8.55. The summed E-state index contributed by atoms with van der Waals surface area (Å²) in [5.74, 6) is 2.18. The number of nitrogens with zero attached hydrogens (tertiary/aromatic N) is 3. The molecule has 5 N–H and O–H groups in total. The van der Waals surface area contributed by atoms with Crippen LogP contribution in [0.3, 0.4) is 0 Å². The fraction of sp³-hybridized carbons (Fsp3) is 0.250. The zero-order chi connectivity index (χ0) is 24.0. The van der Waals surface area contributed by atoms with Gasteiger partial charge in [-0.2, -0.15) is 0 Å². The number of nitrogen functional groups attached to an aromatic ring is 1. The van der Waals surface area contributed by atoms with Gasteiger partial charge in [-0.05, 0) is 44.2 Å². The van der Waals surface area contributed by atoms with Crippen molar-refractivity contribution in [3.8, 4) is 17.1 Å². The predicted molar refractivity (Wildman–Crippen MR) is 133 cm³/mol. The maximum absolute atomic E-state index is 11.9. The van der Waals surface area contributed by atoms with Gasteiger partial charge in [0.05, 0.1) is 0 Å². The molecule has 0 bridgehead atoms. The summed E-state index contributed by atoms with van der Waals surface area (Å²) in [6, 6.07) is 14.6. The Morgan fingerprint density at radius 2 is 1.97 bits per heavy atom. The van der Waals surface area contributed by atoms with Crippen molar-refractivity contribution in [2.45, 2.75) is 19.9 Å². The predicted octanol–water partition coefficient (Wildman–Crippen LogP) is 3.44. The third-order valence-corrected chi connectivity index (χ3v) is 4.60. The molecule has 3 aromatic rings. The summed E-state index contributed by atoms with van der Waals surface area (Å²) >= 11 is 0. The first-order valence-corrected chi connectivity index (χ1v) is 10.5. The minimum absolute atomic E-state index is 0.0525. The lowest BCUT2D eigenvalue weighted by Crippen LogP contribution is -2.34. The molecule has 0 fully saturated rings. The summed E-state index contributed by atoms with van der Waals surface area (Å²) in [4.78, 5) is 23.1. The molecule has 0 aliphatic rings. The first-order chi connectivity index (χ1) is 15.7. The largest absolute Gasteiger partial charge is 0.484 e. The van der Waals surface area contributed by atoms with E-state index in [2.05, 4.69) is 20.6 Å². The molecule has 9 heteroatoms. The standard InChI is InChI=1S/C24H29N7O2/c1-15(2)27-23(32)14-33-19-7-5-6-16(11-19)24-29-21(12-22(30-24)31(3)4)28-18-8-9-20(26)17(10-18)13-25/h5-13,15,25H,14,26H2,1-4H3,(H,27,32)(H,28,29,30). The molecular weight excluding hydrogens is 418 g/mol. The summed E-state index contributed by atoms with van der Waals surface area (Å²) in [6.07, 6.45) is 1.21. The number of nitrogens with two attached hydrogens (primary N) is 1. The highest BCUT2D eigenvalue weighted by atomic mass is 16.5. The van der Waals surface area contributed by atoms with Crippen molar-refractivity contribution in [2.24, 2.45) is 0 Å². The Kier molecular flexibility index (Phi) is 7.45. The molecule has 0 atom stereocenters. The Hall–Kier alpha value is -4.14. The summed E-state index contributed by atoms with van der Waals surface area (Å²) in [6.45, 7) is 3.73. The van der Waals surface area contributed by atoms with Crippen LogP contribution >= 0.6 is 0 Å². The van der Waals surface area contributed by atoms with E-state index in [4.69, 9.17) is 15.9 Å². The smallest absolute Gasteiger partial charge is 0.258 e. The zero-order valence-corrected chi connectivity index (χ0v) is 19.2. The number of aromatic nitrogens is 2. The third kappa shape index (κ3) is 6.42. The minimum atomic E-state index is -0.180. The molecule has 33 heavy (non-hydrogen) atoms. The second kappa shape index (κ2) is 10.4. The van der Waals surface area contributed by atoms with E-state index in [0.717, 1.165) is 11.3 Å². The van der Waals surface area contributed by atoms with E-state index in [9.17, 15) is 4.79 Å². The van der Waals surface area contributed by atoms with Crippen molar-refractivity contribution >= 4 is 35.1 Å². The molecular formula is C24H29N7O2. The van der Waals surface area contributed by atoms with Crippen LogP contribution < -0.4 is 26.0 Å². The average molecular weight is 448 g/mol. The molecule has 1 amide bonds. The number of rotatable bonds is 9. The molecule has 1 aromatic heterocycles. The highest BCUT2D eigenvalue weighted by Crippen LogP contribution is 2.27. The van der Waals surface area contributed by atoms with Gasteiger partial charge in [-0.25, -0.2) is 9.97 Å². The van der Waals surface area contributed by atoms with Gasteiger partial charge < -0.3 is 31.4 Å². The summed E-state index contributed by atoms with van der Waals surface area (Å²) in [5, 5.41) is 13.6. The summed E-state index contributed by atoms with van der Waals surface area (Å²) < 4.78 is 5.64. The molecule has 0 aliphatic carbocycles. The average Bonchev–Trinajstić information content (AvgIpc) is 2.78. The van der Waals surface area contributed by atoms with Crippen LogP contribution in [0.2, 0.25) is 0 Å². The van der Waals surface area contributed by atoms with Gasteiger partial charge in [-0.1, -0.05) is 12.1 Å². The van der Waals surface area contributed by atoms with Crippen LogP contribution in [0.1, 0.15) is 19.4 Å². The monoisotopic (exact) mass is 447 g/mol. The van der Waals surface area contributed by atoms with Crippen LogP contribution in [0.5, 0.6) is 5.75 Å². The van der Waals surface area contributed by atoms with E-state index in [-0.39, 0.29) is 18.6 Å². The van der Waals surface area contributed by atoms with Crippen molar-refractivity contribution in [2.75, 3.05) is 36.7 Å². The van der Waals surface area contributed by atoms with E-state index >= 15 is 0 Å². The fourth-order valence-electron chi connectivity index (χ4n) is 3.02. The number of benzene rings is 2. The summed E-state index contributed by atoms with van der Waals surface area (Å²) in [7, 11) is 3.80. The fourth-order valence-corrected chi connectivity index (χ4v) is 3.02. The third-order valence-electron chi connectivity index (χ3n) is 4.60. The number of carbonyl (C=O) groups excluding carboxylic acids is 1. The van der Waals surface area contributed by atoms with Gasteiger partial charge in [0.2, 0.25) is 0 Å². The molecule has 9 nitrogen and oxygen atoms in total. The van der Waals surface area contributed by atoms with E-state index < -0.39 is 0 Å². The van der Waals surface area contributed by atoms with Gasteiger partial charge >= 0.3 is 0 Å². The first kappa shape index (κ1) is 23.5. The van der Waals surface area contributed by atoms with Gasteiger partial charge in [0.25, 0.3) is 5.91 Å². The van der Waals surface area contributed by atoms with Crippen molar-refractivity contribution in [3.63, 3.8) is 0 Å². The van der Waals surface area contributed by atoms with Gasteiger partial charge in [0.15, 0.2) is 12.4 Å². The first-order valence-electron chi connectivity index (χ1n) is 10.5. The lowest BCUT2D eigenvalue weighted by Gasteiger charge is -2.16. The number of anilines is 4.